The van der Waals surface area contributed by atoms with Crippen molar-refractivity contribution in [2.75, 3.05) is 26.4 Å². The van der Waals surface area contributed by atoms with Crippen LogP contribution in [-0.4, -0.2) is 65.3 Å². The molecule has 0 saturated carbocycles. The molecule has 0 bridgehead atoms. The van der Waals surface area contributed by atoms with E-state index >= 15 is 0 Å². The van der Waals surface area contributed by atoms with Gasteiger partial charge in [-0.05, 0) is 0 Å². The summed E-state index contributed by atoms with van der Waals surface area (Å²) in [4.78, 5) is 25.5. The molecular formula is C8H16N2O8. The minimum atomic E-state index is -1.21. The number of hydrogen-bond donors (Lipinski definition) is 4. The van der Waals surface area contributed by atoms with Gasteiger partial charge < -0.3 is 20.3 Å². The van der Waals surface area contributed by atoms with E-state index in [1.165, 1.54) is 0 Å². The monoisotopic (exact) mass is 268 g/mol. The summed E-state index contributed by atoms with van der Waals surface area (Å²) < 4.78 is 9.52. The Kier molecular flexibility index (Phi) is 9.00. The van der Waals surface area contributed by atoms with Gasteiger partial charge in [-0.15, -0.1) is 0 Å². The number of nitrogens with zero attached hydrogens (tertiary/aromatic N) is 1. The van der Waals surface area contributed by atoms with E-state index in [4.69, 9.17) is 26.0 Å². The molecule has 0 amide bonds. The van der Waals surface area contributed by atoms with Gasteiger partial charge in [-0.25, -0.2) is 4.84 Å². The summed E-state index contributed by atoms with van der Waals surface area (Å²) >= 11 is 0. The predicted molar refractivity (Wildman–Crippen MR) is 53.4 cm³/mol. The van der Waals surface area contributed by atoms with Crippen LogP contribution in [0.15, 0.2) is 0 Å². The maximum atomic E-state index is 11.1. The molecule has 18 heavy (non-hydrogen) atoms. The smallest absolute Gasteiger partial charge is 0.323 e. The van der Waals surface area contributed by atoms with Crippen molar-refractivity contribution >= 4 is 11.9 Å². The Morgan fingerprint density at radius 3 is 2.33 bits per heavy atom. The van der Waals surface area contributed by atoms with E-state index in [-0.39, 0.29) is 26.4 Å². The van der Waals surface area contributed by atoms with Crippen molar-refractivity contribution in [1.82, 2.24) is 5.39 Å². The molecule has 0 spiro atoms. The lowest BCUT2D eigenvalue weighted by atomic mass is 10.2. The number of esters is 1. The van der Waals surface area contributed by atoms with Gasteiger partial charge in [0.15, 0.2) is 0 Å². The Morgan fingerprint density at radius 1 is 1.17 bits per heavy atom. The molecule has 1 unspecified atom stereocenters. The molecule has 0 aromatic rings. The summed E-state index contributed by atoms with van der Waals surface area (Å²) in [6.07, 6.45) is -0.504. The first-order chi connectivity index (χ1) is 8.43. The third-order valence-corrected chi connectivity index (χ3v) is 1.60. The van der Waals surface area contributed by atoms with Crippen LogP contribution >= 0.6 is 0 Å². The summed E-state index contributed by atoms with van der Waals surface area (Å²) in [7, 11) is 0. The second kappa shape index (κ2) is 9.70. The Hall–Kier alpha value is -1.30. The van der Waals surface area contributed by atoms with E-state index in [1.807, 2.05) is 0 Å². The fourth-order valence-electron chi connectivity index (χ4n) is 0.860. The lowest BCUT2D eigenvalue weighted by Crippen LogP contribution is -2.35. The first kappa shape index (κ1) is 16.7. The van der Waals surface area contributed by atoms with Gasteiger partial charge in [-0.3, -0.25) is 20.0 Å². The van der Waals surface area contributed by atoms with Gasteiger partial charge in [0.1, 0.15) is 12.6 Å². The third-order valence-electron chi connectivity index (χ3n) is 1.60. The molecule has 0 aliphatic heterocycles. The maximum Gasteiger partial charge on any atom is 0.323 e. The highest BCUT2D eigenvalue weighted by atomic mass is 17.1. The zero-order valence-electron chi connectivity index (χ0n) is 9.52. The van der Waals surface area contributed by atoms with Crippen molar-refractivity contribution in [2.24, 2.45) is 5.73 Å². The highest BCUT2D eigenvalue weighted by Gasteiger charge is 2.18. The highest BCUT2D eigenvalue weighted by Crippen LogP contribution is 1.92. The molecule has 5 N–H and O–H groups in total. The van der Waals surface area contributed by atoms with Gasteiger partial charge in [0.25, 0.3) is 0 Å². The minimum Gasteiger partial charge on any atom is -0.481 e. The first-order valence-electron chi connectivity index (χ1n) is 4.96. The van der Waals surface area contributed by atoms with Crippen LogP contribution in [0, 0.1) is 0 Å². The minimum absolute atomic E-state index is 0.0474. The molecule has 0 aliphatic carbocycles. The first-order valence-corrected chi connectivity index (χ1v) is 4.96. The molecule has 0 aromatic carbocycles. The summed E-state index contributed by atoms with van der Waals surface area (Å²) in [6.45, 7) is -0.0876. The second-order valence-electron chi connectivity index (χ2n) is 3.07. The molecule has 0 radical (unpaired) electrons. The number of carboxylic acids is 1. The summed E-state index contributed by atoms with van der Waals surface area (Å²) in [5.41, 5.74) is 5.24. The van der Waals surface area contributed by atoms with Gasteiger partial charge in [0.2, 0.25) is 0 Å². The summed E-state index contributed by atoms with van der Waals surface area (Å²) in [5, 5.41) is 24.2. The lowest BCUT2D eigenvalue weighted by molar-refractivity contribution is -0.493. The molecule has 0 aliphatic rings. The normalized spacial score (nSPS) is 12.4. The quantitative estimate of drug-likeness (QED) is 0.206. The molecule has 10 heteroatoms. The van der Waals surface area contributed by atoms with Crippen molar-refractivity contribution in [2.45, 2.75) is 12.5 Å². The molecule has 1 atom stereocenters. The van der Waals surface area contributed by atoms with E-state index in [0.717, 1.165) is 0 Å². The van der Waals surface area contributed by atoms with Gasteiger partial charge in [0.05, 0.1) is 31.6 Å². The van der Waals surface area contributed by atoms with E-state index in [9.17, 15) is 9.59 Å². The van der Waals surface area contributed by atoms with E-state index in [0.29, 0.717) is 0 Å². The number of carbonyl (C=O) groups excluding carboxylic acids is 1. The molecule has 0 fully saturated rings. The topological polar surface area (TPSA) is 152 Å². The molecular weight excluding hydrogens is 252 g/mol. The fourth-order valence-corrected chi connectivity index (χ4v) is 0.860. The Labute approximate surface area is 102 Å². The number of hydrogen-bond acceptors (Lipinski definition) is 9. The van der Waals surface area contributed by atoms with Gasteiger partial charge in [0, 0.05) is 0 Å². The van der Waals surface area contributed by atoms with Gasteiger partial charge in [-0.1, -0.05) is 0 Å². The Balaban J connectivity index is 3.43. The second-order valence-corrected chi connectivity index (χ2v) is 3.07. The summed E-state index contributed by atoms with van der Waals surface area (Å²) in [6, 6.07) is -1.21. The number of nitrogens with two attached hydrogens (primary N) is 1. The van der Waals surface area contributed by atoms with Crippen LogP contribution in [0.5, 0.6) is 0 Å². The maximum absolute atomic E-state index is 11.1. The van der Waals surface area contributed by atoms with Crippen LogP contribution < -0.4 is 5.73 Å². The molecule has 0 aromatic heterocycles. The largest absolute Gasteiger partial charge is 0.481 e. The Bertz CT molecular complexity index is 259. The van der Waals surface area contributed by atoms with Crippen LogP contribution in [0.4, 0.5) is 0 Å². The van der Waals surface area contributed by atoms with Crippen LogP contribution in [0.25, 0.3) is 0 Å². The van der Waals surface area contributed by atoms with Crippen LogP contribution in [-0.2, 0) is 23.9 Å². The molecule has 106 valence electrons. The van der Waals surface area contributed by atoms with Crippen molar-refractivity contribution in [3.63, 3.8) is 0 Å². The molecule has 0 saturated heterocycles. The number of rotatable bonds is 10. The number of ether oxygens (including phenoxy) is 2. The zero-order valence-corrected chi connectivity index (χ0v) is 9.52. The van der Waals surface area contributed by atoms with Crippen LogP contribution in [0.3, 0.4) is 0 Å². The number of aliphatic carboxylic acids is 1. The fraction of sp³-hybridized carbons (Fsp3) is 0.750. The molecule has 0 rings (SSSR count). The third kappa shape index (κ3) is 9.89. The average Bonchev–Trinajstić information content (AvgIpc) is 2.26. The van der Waals surface area contributed by atoms with Crippen LogP contribution in [0.1, 0.15) is 6.42 Å². The Morgan fingerprint density at radius 2 is 1.78 bits per heavy atom. The SMILES string of the molecule is NC(CC(=O)O)C(=O)OCCOCCON(O)O. The van der Waals surface area contributed by atoms with Crippen molar-refractivity contribution < 1.29 is 39.4 Å². The number of carbonyl (C=O) groups is 2. The van der Waals surface area contributed by atoms with Gasteiger partial charge >= 0.3 is 11.9 Å². The summed E-state index contributed by atoms with van der Waals surface area (Å²) in [5.74, 6) is -2.01. The molecule has 10 nitrogen and oxygen atoms in total. The van der Waals surface area contributed by atoms with E-state index in [1.54, 1.807) is 0 Å². The van der Waals surface area contributed by atoms with E-state index in [2.05, 4.69) is 9.57 Å². The lowest BCUT2D eigenvalue weighted by Gasteiger charge is -2.10. The van der Waals surface area contributed by atoms with Gasteiger partial charge in [-0.2, -0.15) is 0 Å². The van der Waals surface area contributed by atoms with Crippen molar-refractivity contribution in [1.29, 1.82) is 0 Å². The zero-order chi connectivity index (χ0) is 14.0. The highest BCUT2D eigenvalue weighted by molar-refractivity contribution is 5.81. The number of carboxylic acid groups (broad SMARTS) is 1. The predicted octanol–water partition coefficient (Wildman–Crippen LogP) is -1.64. The van der Waals surface area contributed by atoms with Crippen molar-refractivity contribution in [3.8, 4) is 0 Å². The molecule has 0 heterocycles. The average molecular weight is 268 g/mol. The standard InChI is InChI=1S/C8H16N2O8/c9-6(5-7(11)12)8(13)17-3-1-16-2-4-18-10(14)15/h6,14-15H,1-5,9H2,(H,11,12). The van der Waals surface area contributed by atoms with Crippen LogP contribution in [0.2, 0.25) is 0 Å². The van der Waals surface area contributed by atoms with E-state index < -0.39 is 29.8 Å². The van der Waals surface area contributed by atoms with Crippen molar-refractivity contribution in [3.05, 3.63) is 0 Å².